The number of thioether (sulfide) groups is 3. The molecule has 0 rings (SSSR count). The maximum Gasteiger partial charge on any atom is 0.639 e. The lowest BCUT2D eigenvalue weighted by Gasteiger charge is -2.14. The van der Waals surface area contributed by atoms with Crippen LogP contribution in [0.25, 0.3) is 0 Å². The lowest BCUT2D eigenvalue weighted by molar-refractivity contribution is 0.109. The van der Waals surface area contributed by atoms with Crippen molar-refractivity contribution < 1.29 is 14.0 Å². The van der Waals surface area contributed by atoms with Crippen molar-refractivity contribution in [2.75, 3.05) is 54.3 Å². The molecular formula is C42H87BO3S3. The van der Waals surface area contributed by atoms with Crippen molar-refractivity contribution >= 4 is 42.6 Å². The summed E-state index contributed by atoms with van der Waals surface area (Å²) in [6.07, 6.45) is 42.1. The van der Waals surface area contributed by atoms with E-state index in [-0.39, 0.29) is 0 Å². The van der Waals surface area contributed by atoms with Crippen molar-refractivity contribution in [3.05, 3.63) is 0 Å². The molecule has 0 unspecified atom stereocenters. The summed E-state index contributed by atoms with van der Waals surface area (Å²) in [7, 11) is -0.506. The van der Waals surface area contributed by atoms with Gasteiger partial charge in [-0.1, -0.05) is 194 Å². The summed E-state index contributed by atoms with van der Waals surface area (Å²) in [6, 6.07) is 0. The number of rotatable bonds is 45. The molecule has 7 heteroatoms. The molecule has 3 nitrogen and oxygen atoms in total. The Kier molecular flexibility index (Phi) is 48.0. The van der Waals surface area contributed by atoms with Crippen LogP contribution in [0.1, 0.15) is 213 Å². The predicted molar refractivity (Wildman–Crippen MR) is 231 cm³/mol. The molecule has 0 amide bonds. The molecule has 294 valence electrons. The van der Waals surface area contributed by atoms with Gasteiger partial charge in [0.05, 0.1) is 0 Å². The summed E-state index contributed by atoms with van der Waals surface area (Å²) in [5, 5.41) is 0. The Morgan fingerprint density at radius 1 is 0.265 bits per heavy atom. The highest BCUT2D eigenvalue weighted by atomic mass is 32.2. The summed E-state index contributed by atoms with van der Waals surface area (Å²) < 4.78 is 18.3. The van der Waals surface area contributed by atoms with E-state index in [9.17, 15) is 0 Å². The number of unbranched alkanes of at least 4 members (excludes halogenated alkanes) is 27. The highest BCUT2D eigenvalue weighted by molar-refractivity contribution is 7.99. The van der Waals surface area contributed by atoms with Crippen LogP contribution in [0.5, 0.6) is 0 Å². The topological polar surface area (TPSA) is 27.7 Å². The highest BCUT2D eigenvalue weighted by Gasteiger charge is 2.21. The van der Waals surface area contributed by atoms with Crippen LogP contribution in [0.3, 0.4) is 0 Å². The van der Waals surface area contributed by atoms with Gasteiger partial charge in [0.15, 0.2) is 0 Å². The van der Waals surface area contributed by atoms with Crippen LogP contribution >= 0.6 is 35.3 Å². The van der Waals surface area contributed by atoms with E-state index in [4.69, 9.17) is 14.0 Å². The summed E-state index contributed by atoms with van der Waals surface area (Å²) in [5.41, 5.74) is 0. The molecule has 0 bridgehead atoms. The highest BCUT2D eigenvalue weighted by Crippen LogP contribution is 2.15. The van der Waals surface area contributed by atoms with Crippen LogP contribution in [0.2, 0.25) is 0 Å². The van der Waals surface area contributed by atoms with Crippen molar-refractivity contribution in [2.45, 2.75) is 213 Å². The zero-order chi connectivity index (χ0) is 35.4. The fourth-order valence-electron chi connectivity index (χ4n) is 6.13. The third kappa shape index (κ3) is 45.1. The molecule has 0 heterocycles. The Morgan fingerprint density at radius 2 is 0.469 bits per heavy atom. The van der Waals surface area contributed by atoms with Gasteiger partial charge in [-0.3, -0.25) is 0 Å². The Bertz CT molecular complexity index is 499. The molecule has 49 heavy (non-hydrogen) atoms. The molecule has 0 aliphatic carbocycles. The van der Waals surface area contributed by atoms with Crippen molar-refractivity contribution in [3.8, 4) is 0 Å². The first kappa shape index (κ1) is 50.0. The molecule has 0 radical (unpaired) electrons. The summed E-state index contributed by atoms with van der Waals surface area (Å²) in [4.78, 5) is 0. The fraction of sp³-hybridized carbons (Fsp3) is 1.00. The van der Waals surface area contributed by atoms with Crippen LogP contribution in [-0.2, 0) is 14.0 Å². The molecule has 0 saturated carbocycles. The molecular weight excluding hydrogens is 659 g/mol. The summed E-state index contributed by atoms with van der Waals surface area (Å²) in [6.45, 7) is 9.03. The second-order valence-electron chi connectivity index (χ2n) is 14.3. The van der Waals surface area contributed by atoms with E-state index in [1.165, 1.54) is 210 Å². The zero-order valence-electron chi connectivity index (χ0n) is 33.6. The summed E-state index contributed by atoms with van der Waals surface area (Å²) in [5.74, 6) is 6.83. The van der Waals surface area contributed by atoms with E-state index >= 15 is 0 Å². The van der Waals surface area contributed by atoms with Gasteiger partial charge in [-0.2, -0.15) is 35.3 Å². The first-order valence-electron chi connectivity index (χ1n) is 21.9. The number of hydrogen-bond donors (Lipinski definition) is 0. The normalized spacial score (nSPS) is 11.6. The molecule has 0 saturated heterocycles. The molecule has 0 aromatic heterocycles. The van der Waals surface area contributed by atoms with Crippen molar-refractivity contribution in [1.29, 1.82) is 0 Å². The van der Waals surface area contributed by atoms with Gasteiger partial charge in [-0.05, 0) is 36.5 Å². The second-order valence-corrected chi connectivity index (χ2v) is 18.0. The predicted octanol–water partition coefficient (Wildman–Crippen LogP) is 15.0. The molecule has 0 aliphatic rings. The average molecular weight is 747 g/mol. The van der Waals surface area contributed by atoms with Gasteiger partial charge >= 0.3 is 7.32 Å². The van der Waals surface area contributed by atoms with E-state index in [0.717, 1.165) is 17.3 Å². The average Bonchev–Trinajstić information content (AvgIpc) is 3.11. The third-order valence-electron chi connectivity index (χ3n) is 9.37. The minimum Gasteiger partial charge on any atom is -0.385 e. The minimum atomic E-state index is -0.506. The SMILES string of the molecule is CCCCCCCCCCCCSCCOB(OCCSCCCCCCCCCCCC)OCCSCCCCCCCCCCCC. The van der Waals surface area contributed by atoms with E-state index in [0.29, 0.717) is 19.8 Å². The maximum absolute atomic E-state index is 6.09. The van der Waals surface area contributed by atoms with E-state index < -0.39 is 7.32 Å². The second kappa shape index (κ2) is 47.0. The Balaban J connectivity index is 3.93. The monoisotopic (exact) mass is 747 g/mol. The molecule has 0 spiro atoms. The molecule has 0 aromatic rings. The lowest BCUT2D eigenvalue weighted by Crippen LogP contribution is -2.30. The van der Waals surface area contributed by atoms with E-state index in [1.807, 2.05) is 35.3 Å². The maximum atomic E-state index is 6.09. The Labute approximate surface area is 322 Å². The molecule has 0 aliphatic heterocycles. The van der Waals surface area contributed by atoms with Gasteiger partial charge in [0, 0.05) is 37.1 Å². The van der Waals surface area contributed by atoms with Crippen LogP contribution in [0.15, 0.2) is 0 Å². The molecule has 0 N–H and O–H groups in total. The van der Waals surface area contributed by atoms with Crippen molar-refractivity contribution in [3.63, 3.8) is 0 Å². The smallest absolute Gasteiger partial charge is 0.385 e. The van der Waals surface area contributed by atoms with Crippen LogP contribution in [-0.4, -0.2) is 61.7 Å². The van der Waals surface area contributed by atoms with Gasteiger partial charge in [0.1, 0.15) is 0 Å². The first-order valence-corrected chi connectivity index (χ1v) is 25.4. The number of hydrogen-bond acceptors (Lipinski definition) is 6. The first-order chi connectivity index (χ1) is 24.3. The summed E-state index contributed by atoms with van der Waals surface area (Å²) >= 11 is 6.08. The van der Waals surface area contributed by atoms with Crippen molar-refractivity contribution in [2.24, 2.45) is 0 Å². The van der Waals surface area contributed by atoms with Crippen LogP contribution in [0, 0.1) is 0 Å². The molecule has 0 aromatic carbocycles. The van der Waals surface area contributed by atoms with E-state index in [2.05, 4.69) is 20.8 Å². The van der Waals surface area contributed by atoms with Gasteiger partial charge in [-0.25, -0.2) is 0 Å². The third-order valence-corrected chi connectivity index (χ3v) is 12.5. The van der Waals surface area contributed by atoms with Crippen LogP contribution < -0.4 is 0 Å². The largest absolute Gasteiger partial charge is 0.639 e. The zero-order valence-corrected chi connectivity index (χ0v) is 36.1. The minimum absolute atomic E-state index is 0.506. The molecule has 0 atom stereocenters. The van der Waals surface area contributed by atoms with Gasteiger partial charge < -0.3 is 14.0 Å². The fourth-order valence-corrected chi connectivity index (χ4v) is 8.61. The van der Waals surface area contributed by atoms with Gasteiger partial charge in [-0.15, -0.1) is 0 Å². The van der Waals surface area contributed by atoms with Crippen LogP contribution in [0.4, 0.5) is 0 Å². The Morgan fingerprint density at radius 3 is 0.694 bits per heavy atom. The molecule has 0 fully saturated rings. The lowest BCUT2D eigenvalue weighted by atomic mass is 10.1. The standard InChI is InChI=1S/C42H87BO3S3/c1-4-7-10-13-16-19-22-25-28-31-37-47-40-34-44-43(45-35-41-48-38-32-29-26-23-20-17-14-11-8-5-2)46-36-42-49-39-33-30-27-24-21-18-15-12-9-6-3/h4-42H2,1-3H3. The van der Waals surface area contributed by atoms with E-state index in [1.54, 1.807) is 0 Å². The quantitative estimate of drug-likeness (QED) is 0.0455. The van der Waals surface area contributed by atoms with Gasteiger partial charge in [0.2, 0.25) is 0 Å². The van der Waals surface area contributed by atoms with Gasteiger partial charge in [0.25, 0.3) is 0 Å². The van der Waals surface area contributed by atoms with Crippen molar-refractivity contribution in [1.82, 2.24) is 0 Å². The Hall–Kier alpha value is 0.995.